The van der Waals surface area contributed by atoms with E-state index in [0.717, 1.165) is 89.0 Å². The van der Waals surface area contributed by atoms with E-state index < -0.39 is 11.8 Å². The molecule has 0 bridgehead atoms. The fourth-order valence-electron chi connectivity index (χ4n) is 9.43. The lowest BCUT2D eigenvalue weighted by atomic mass is 9.74. The molecule has 4 aromatic carbocycles. The third kappa shape index (κ3) is 4.34. The molecule has 0 radical (unpaired) electrons. The van der Waals surface area contributed by atoms with Crippen LogP contribution >= 0.6 is 0 Å². The molecule has 7 aromatic rings. The SMILES string of the molecule is N#C/C(=C1/c2ccccc2-c2c1c1c(c3c2C(C(C#N)c2ccncc2)c2ccccc2-3)C(C(C#N)c2ccncc2)c2ccccc2-1)c1ccncc1. The Morgan fingerprint density at radius 2 is 0.889 bits per heavy atom. The van der Waals surface area contributed by atoms with E-state index >= 15 is 0 Å². The van der Waals surface area contributed by atoms with Gasteiger partial charge in [-0.25, -0.2) is 0 Å². The van der Waals surface area contributed by atoms with Crippen LogP contribution in [0.25, 0.3) is 44.5 Å². The Bertz CT molecular complexity index is 2740. The summed E-state index contributed by atoms with van der Waals surface area (Å²) in [7, 11) is 0. The Balaban J connectivity index is 1.43. The molecule has 0 fully saturated rings. The van der Waals surface area contributed by atoms with E-state index in [1.165, 1.54) is 0 Å². The van der Waals surface area contributed by atoms with Crippen LogP contribution in [0.15, 0.2) is 146 Å². The first kappa shape index (κ1) is 31.3. The Kier molecular flexibility index (Phi) is 7.15. The van der Waals surface area contributed by atoms with Gasteiger partial charge in [-0.15, -0.1) is 0 Å². The van der Waals surface area contributed by atoms with Gasteiger partial charge in [-0.3, -0.25) is 15.0 Å². The Morgan fingerprint density at radius 3 is 1.39 bits per heavy atom. The monoisotopic (exact) mass is 688 g/mol. The fourth-order valence-corrected chi connectivity index (χ4v) is 9.43. The van der Waals surface area contributed by atoms with Crippen molar-refractivity contribution in [1.29, 1.82) is 15.8 Å². The first-order valence-corrected chi connectivity index (χ1v) is 17.9. The number of nitriles is 3. The molecule has 0 saturated carbocycles. The van der Waals surface area contributed by atoms with Gasteiger partial charge in [0.15, 0.2) is 0 Å². The van der Waals surface area contributed by atoms with Crippen LogP contribution in [0, 0.1) is 34.0 Å². The molecule has 4 unspecified atom stereocenters. The van der Waals surface area contributed by atoms with Crippen molar-refractivity contribution in [1.82, 2.24) is 15.0 Å². The van der Waals surface area contributed by atoms with E-state index in [0.29, 0.717) is 5.57 Å². The molecule has 0 spiro atoms. The van der Waals surface area contributed by atoms with Gasteiger partial charge < -0.3 is 0 Å². The van der Waals surface area contributed by atoms with Crippen LogP contribution in [0.4, 0.5) is 0 Å². The van der Waals surface area contributed by atoms with Crippen molar-refractivity contribution in [3.8, 4) is 51.6 Å². The highest BCUT2D eigenvalue weighted by Crippen LogP contribution is 2.67. The third-order valence-electron chi connectivity index (χ3n) is 11.5. The maximum Gasteiger partial charge on any atom is 0.100 e. The Morgan fingerprint density at radius 1 is 0.463 bits per heavy atom. The molecule has 4 atom stereocenters. The molecule has 6 heteroatoms. The summed E-state index contributed by atoms with van der Waals surface area (Å²) in [4.78, 5) is 12.8. The lowest BCUT2D eigenvalue weighted by Gasteiger charge is -2.27. The summed E-state index contributed by atoms with van der Waals surface area (Å²) < 4.78 is 0. The molecule has 3 aliphatic rings. The van der Waals surface area contributed by atoms with Gasteiger partial charge in [0.1, 0.15) is 6.07 Å². The minimum atomic E-state index is -0.539. The summed E-state index contributed by atoms with van der Waals surface area (Å²) in [6, 6.07) is 44.8. The van der Waals surface area contributed by atoms with Crippen LogP contribution in [0.5, 0.6) is 0 Å². The van der Waals surface area contributed by atoms with Crippen LogP contribution in [0.1, 0.15) is 73.7 Å². The van der Waals surface area contributed by atoms with Crippen molar-refractivity contribution >= 4 is 11.1 Å². The number of rotatable bonds is 5. The van der Waals surface area contributed by atoms with Gasteiger partial charge in [-0.05, 0) is 120 Å². The minimum absolute atomic E-state index is 0.340. The molecule has 3 aliphatic carbocycles. The predicted molar refractivity (Wildman–Crippen MR) is 207 cm³/mol. The zero-order valence-corrected chi connectivity index (χ0v) is 28.8. The topological polar surface area (TPSA) is 110 Å². The number of pyridine rings is 3. The second-order valence-electron chi connectivity index (χ2n) is 13.9. The van der Waals surface area contributed by atoms with E-state index in [4.69, 9.17) is 0 Å². The fraction of sp³-hybridized carbons (Fsp3) is 0.0833. The average Bonchev–Trinajstić information content (AvgIpc) is 3.87. The first-order valence-electron chi connectivity index (χ1n) is 17.9. The van der Waals surface area contributed by atoms with Crippen molar-refractivity contribution in [3.05, 3.63) is 196 Å². The molecule has 54 heavy (non-hydrogen) atoms. The number of nitrogens with zero attached hydrogens (tertiary/aromatic N) is 6. The molecule has 10 rings (SSSR count). The van der Waals surface area contributed by atoms with Crippen LogP contribution < -0.4 is 0 Å². The van der Waals surface area contributed by atoms with Crippen LogP contribution in [0.2, 0.25) is 0 Å². The van der Waals surface area contributed by atoms with E-state index in [1.54, 1.807) is 37.2 Å². The van der Waals surface area contributed by atoms with Gasteiger partial charge in [-0.2, -0.15) is 15.8 Å². The zero-order valence-electron chi connectivity index (χ0n) is 28.8. The molecule has 0 amide bonds. The van der Waals surface area contributed by atoms with E-state index in [1.807, 2.05) is 48.5 Å². The summed E-state index contributed by atoms with van der Waals surface area (Å²) in [5, 5.41) is 33.4. The smallest absolute Gasteiger partial charge is 0.100 e. The largest absolute Gasteiger partial charge is 0.265 e. The van der Waals surface area contributed by atoms with Crippen LogP contribution in [-0.2, 0) is 0 Å². The molecular formula is C48H28N6. The molecule has 0 aliphatic heterocycles. The van der Waals surface area contributed by atoms with E-state index in [9.17, 15) is 15.8 Å². The second kappa shape index (κ2) is 12.3. The molecule has 3 aromatic heterocycles. The summed E-state index contributed by atoms with van der Waals surface area (Å²) in [6.45, 7) is 0. The number of hydrogen-bond acceptors (Lipinski definition) is 6. The standard InChI is InChI=1S/C48H28N6/c49-25-37(28-13-19-52-20-14-28)40-31-7-1-4-10-34(31)43-46(40)44-35-11-5-2-8-32(35)42(39(27-51)30-17-23-54-24-18-30)48(44)45-36-12-6-3-9-33(36)41(47(43)45)38(26-50)29-15-21-53-22-16-29/h1-24,37-38,40-41H/b42-39+. The number of aromatic nitrogens is 3. The predicted octanol–water partition coefficient (Wildman–Crippen LogP) is 10.2. The van der Waals surface area contributed by atoms with Crippen molar-refractivity contribution in [2.24, 2.45) is 0 Å². The van der Waals surface area contributed by atoms with E-state index in [-0.39, 0.29) is 11.8 Å². The second-order valence-corrected chi connectivity index (χ2v) is 13.9. The van der Waals surface area contributed by atoms with Gasteiger partial charge in [0, 0.05) is 54.6 Å². The maximum atomic E-state index is 11.1. The van der Waals surface area contributed by atoms with Gasteiger partial charge in [0.2, 0.25) is 0 Å². The normalized spacial score (nSPS) is 17.3. The lowest BCUT2D eigenvalue weighted by Crippen LogP contribution is -2.13. The highest BCUT2D eigenvalue weighted by Gasteiger charge is 2.49. The summed E-state index contributed by atoms with van der Waals surface area (Å²) in [5.74, 6) is -1.76. The van der Waals surface area contributed by atoms with Gasteiger partial charge >= 0.3 is 0 Å². The van der Waals surface area contributed by atoms with Crippen molar-refractivity contribution in [2.75, 3.05) is 0 Å². The highest BCUT2D eigenvalue weighted by atomic mass is 14.6. The first-order chi connectivity index (χ1) is 26.7. The number of allylic oxidation sites excluding steroid dienone is 1. The van der Waals surface area contributed by atoms with Gasteiger partial charge in [0.05, 0.1) is 29.5 Å². The minimum Gasteiger partial charge on any atom is -0.265 e. The Labute approximate surface area is 312 Å². The zero-order chi connectivity index (χ0) is 36.3. The van der Waals surface area contributed by atoms with Crippen molar-refractivity contribution in [2.45, 2.75) is 23.7 Å². The van der Waals surface area contributed by atoms with Crippen molar-refractivity contribution in [3.63, 3.8) is 0 Å². The summed E-state index contributed by atoms with van der Waals surface area (Å²) in [5.41, 5.74) is 16.5. The number of fused-ring (bicyclic) bond motifs is 12. The molecular weight excluding hydrogens is 661 g/mol. The average molecular weight is 689 g/mol. The summed E-state index contributed by atoms with van der Waals surface area (Å²) in [6.07, 6.45) is 10.4. The molecule has 3 heterocycles. The Hall–Kier alpha value is -7.46. The lowest BCUT2D eigenvalue weighted by molar-refractivity contribution is 0.731. The number of hydrogen-bond donors (Lipinski definition) is 0. The quantitative estimate of drug-likeness (QED) is 0.167. The van der Waals surface area contributed by atoms with Gasteiger partial charge in [0.25, 0.3) is 0 Å². The van der Waals surface area contributed by atoms with Crippen LogP contribution in [0.3, 0.4) is 0 Å². The molecule has 0 N–H and O–H groups in total. The highest BCUT2D eigenvalue weighted by molar-refractivity contribution is 6.19. The maximum absolute atomic E-state index is 11.1. The number of benzene rings is 4. The molecule has 250 valence electrons. The van der Waals surface area contributed by atoms with Crippen molar-refractivity contribution < 1.29 is 0 Å². The van der Waals surface area contributed by atoms with Crippen LogP contribution in [-0.4, -0.2) is 15.0 Å². The molecule has 0 saturated heterocycles. The third-order valence-corrected chi connectivity index (χ3v) is 11.5. The van der Waals surface area contributed by atoms with E-state index in [2.05, 4.69) is 93.8 Å². The molecule has 6 nitrogen and oxygen atoms in total. The van der Waals surface area contributed by atoms with Gasteiger partial charge in [-0.1, -0.05) is 72.8 Å². The summed E-state index contributed by atoms with van der Waals surface area (Å²) >= 11 is 0.